The van der Waals surface area contributed by atoms with Crippen LogP contribution in [0.2, 0.25) is 19.1 Å². The minimum absolute atomic E-state index is 0.0731. The van der Waals surface area contributed by atoms with Crippen molar-refractivity contribution in [2.45, 2.75) is 58.4 Å². The molecule has 4 heteroatoms. The second-order valence-corrected chi connectivity index (χ2v) is 11.2. The third kappa shape index (κ3) is 7.01. The first-order valence-electron chi connectivity index (χ1n) is 5.94. The van der Waals surface area contributed by atoms with Crippen LogP contribution in [0, 0.1) is 0 Å². The number of rotatable bonds is 5. The highest BCUT2D eigenvalue weighted by Gasteiger charge is 2.24. The Morgan fingerprint density at radius 3 is 2.12 bits per heavy atom. The minimum atomic E-state index is -1.28. The summed E-state index contributed by atoms with van der Waals surface area (Å²) in [4.78, 5) is 11.5. The molecule has 0 N–H and O–H groups in total. The average molecular weight is 245 g/mol. The average Bonchev–Trinajstić information content (AvgIpc) is 1.99. The Labute approximate surface area is 101 Å². The van der Waals surface area contributed by atoms with Gasteiger partial charge in [0.05, 0.1) is 0 Å². The van der Waals surface area contributed by atoms with Gasteiger partial charge in [-0.25, -0.2) is 0 Å². The molecule has 0 unspecified atom stereocenters. The highest BCUT2D eigenvalue weighted by atomic mass is 28.3. The Kier molecular flexibility index (Phi) is 5.69. The van der Waals surface area contributed by atoms with Gasteiger partial charge < -0.3 is 9.30 Å². The Hall–Kier alpha value is -0.353. The molecule has 0 spiro atoms. The predicted octanol–water partition coefficient (Wildman–Crippen LogP) is 2.88. The standard InChI is InChI=1S/C12H27NO2Si/c1-12(2,3)15-11(14)9-8-10-16(6,7)13(4)5/h8-10H2,1-7H3. The van der Waals surface area contributed by atoms with Gasteiger partial charge in [-0.15, -0.1) is 0 Å². The third-order valence-corrected chi connectivity index (χ3v) is 6.80. The van der Waals surface area contributed by atoms with E-state index in [1.165, 1.54) is 0 Å². The lowest BCUT2D eigenvalue weighted by molar-refractivity contribution is -0.154. The molecule has 0 heterocycles. The number of ether oxygens (including phenoxy) is 1. The van der Waals surface area contributed by atoms with Crippen molar-refractivity contribution in [3.05, 3.63) is 0 Å². The lowest BCUT2D eigenvalue weighted by atomic mass is 10.2. The summed E-state index contributed by atoms with van der Waals surface area (Å²) in [7, 11) is 2.97. The molecular weight excluding hydrogens is 218 g/mol. The number of esters is 1. The first-order chi connectivity index (χ1) is 7.04. The van der Waals surface area contributed by atoms with Crippen LogP contribution in [-0.2, 0) is 9.53 Å². The smallest absolute Gasteiger partial charge is 0.306 e. The van der Waals surface area contributed by atoms with Gasteiger partial charge in [0.25, 0.3) is 0 Å². The summed E-state index contributed by atoms with van der Waals surface area (Å²) < 4.78 is 7.60. The van der Waals surface area contributed by atoms with Crippen molar-refractivity contribution >= 4 is 14.2 Å². The number of nitrogens with zero attached hydrogens (tertiary/aromatic N) is 1. The zero-order valence-electron chi connectivity index (χ0n) is 11.9. The predicted molar refractivity (Wildman–Crippen MR) is 71.1 cm³/mol. The Morgan fingerprint density at radius 2 is 1.75 bits per heavy atom. The van der Waals surface area contributed by atoms with E-state index in [0.717, 1.165) is 12.5 Å². The van der Waals surface area contributed by atoms with E-state index in [4.69, 9.17) is 4.74 Å². The van der Waals surface area contributed by atoms with E-state index in [1.54, 1.807) is 0 Å². The van der Waals surface area contributed by atoms with Gasteiger partial charge in [0, 0.05) is 6.42 Å². The van der Waals surface area contributed by atoms with E-state index in [1.807, 2.05) is 20.8 Å². The van der Waals surface area contributed by atoms with Crippen molar-refractivity contribution in [3.8, 4) is 0 Å². The van der Waals surface area contributed by atoms with E-state index in [0.29, 0.717) is 6.42 Å². The Morgan fingerprint density at radius 1 is 1.25 bits per heavy atom. The van der Waals surface area contributed by atoms with Crippen LogP contribution in [0.4, 0.5) is 0 Å². The molecule has 0 rings (SSSR count). The zero-order chi connectivity index (χ0) is 13.0. The summed E-state index contributed by atoms with van der Waals surface area (Å²) in [6.45, 7) is 10.4. The normalized spacial score (nSPS) is 13.0. The highest BCUT2D eigenvalue weighted by Crippen LogP contribution is 2.17. The number of hydrogen-bond donors (Lipinski definition) is 0. The lowest BCUT2D eigenvalue weighted by Gasteiger charge is -2.30. The van der Waals surface area contributed by atoms with Crippen LogP contribution in [0.1, 0.15) is 33.6 Å². The molecule has 0 fully saturated rings. The molecule has 0 aliphatic heterocycles. The van der Waals surface area contributed by atoms with Gasteiger partial charge in [0.15, 0.2) is 0 Å². The van der Waals surface area contributed by atoms with E-state index in [-0.39, 0.29) is 11.6 Å². The summed E-state index contributed by atoms with van der Waals surface area (Å²) in [5.41, 5.74) is -0.356. The van der Waals surface area contributed by atoms with Gasteiger partial charge >= 0.3 is 5.97 Å². The molecule has 3 nitrogen and oxygen atoms in total. The number of carbonyl (C=O) groups is 1. The molecule has 0 aromatic carbocycles. The maximum atomic E-state index is 11.5. The molecule has 0 aromatic rings. The molecule has 0 aliphatic carbocycles. The van der Waals surface area contributed by atoms with E-state index in [2.05, 4.69) is 31.8 Å². The molecule has 0 saturated carbocycles. The Bertz CT molecular complexity index is 232. The molecule has 0 atom stereocenters. The Balaban J connectivity index is 3.87. The van der Waals surface area contributed by atoms with E-state index in [9.17, 15) is 4.79 Å². The molecule has 0 aromatic heterocycles. The molecule has 0 radical (unpaired) electrons. The van der Waals surface area contributed by atoms with Gasteiger partial charge in [0.1, 0.15) is 13.8 Å². The second kappa shape index (κ2) is 5.82. The van der Waals surface area contributed by atoms with Crippen LogP contribution >= 0.6 is 0 Å². The fraction of sp³-hybridized carbons (Fsp3) is 0.917. The van der Waals surface area contributed by atoms with Gasteiger partial charge in [0.2, 0.25) is 0 Å². The maximum Gasteiger partial charge on any atom is 0.306 e. The SMILES string of the molecule is CN(C)[Si](C)(C)CCCC(=O)OC(C)(C)C. The van der Waals surface area contributed by atoms with Gasteiger partial charge in [-0.3, -0.25) is 4.79 Å². The van der Waals surface area contributed by atoms with Crippen LogP contribution in [0.25, 0.3) is 0 Å². The van der Waals surface area contributed by atoms with E-state index >= 15 is 0 Å². The monoisotopic (exact) mass is 245 g/mol. The summed E-state index contributed by atoms with van der Waals surface area (Å²) in [5, 5.41) is 0. The second-order valence-electron chi connectivity index (χ2n) is 6.15. The van der Waals surface area contributed by atoms with Gasteiger partial charge in [-0.05, 0) is 47.3 Å². The maximum absolute atomic E-state index is 11.5. The molecule has 0 aliphatic rings. The van der Waals surface area contributed by atoms with Crippen LogP contribution in [-0.4, -0.2) is 38.5 Å². The summed E-state index contributed by atoms with van der Waals surface area (Å²) in [6.07, 6.45) is 1.48. The van der Waals surface area contributed by atoms with Crippen LogP contribution in [0.15, 0.2) is 0 Å². The molecule has 0 saturated heterocycles. The van der Waals surface area contributed by atoms with Gasteiger partial charge in [-0.1, -0.05) is 13.1 Å². The van der Waals surface area contributed by atoms with Gasteiger partial charge in [-0.2, -0.15) is 0 Å². The lowest BCUT2D eigenvalue weighted by Crippen LogP contribution is -2.43. The molecular formula is C12H27NO2Si. The van der Waals surface area contributed by atoms with Crippen molar-refractivity contribution in [3.63, 3.8) is 0 Å². The minimum Gasteiger partial charge on any atom is -0.460 e. The van der Waals surface area contributed by atoms with Crippen molar-refractivity contribution in [1.29, 1.82) is 0 Å². The third-order valence-electron chi connectivity index (χ3n) is 2.80. The summed E-state index contributed by atoms with van der Waals surface area (Å²) >= 11 is 0. The first-order valence-corrected chi connectivity index (χ1v) is 9.09. The van der Waals surface area contributed by atoms with Crippen LogP contribution in [0.3, 0.4) is 0 Å². The molecule has 96 valence electrons. The molecule has 0 bridgehead atoms. The number of carbonyl (C=O) groups excluding carboxylic acids is 1. The fourth-order valence-corrected chi connectivity index (χ4v) is 2.77. The van der Waals surface area contributed by atoms with Crippen molar-refractivity contribution in [1.82, 2.24) is 4.57 Å². The molecule has 0 amide bonds. The first kappa shape index (κ1) is 15.6. The topological polar surface area (TPSA) is 29.5 Å². The van der Waals surface area contributed by atoms with Crippen molar-refractivity contribution in [2.24, 2.45) is 0 Å². The van der Waals surface area contributed by atoms with Crippen molar-refractivity contribution < 1.29 is 9.53 Å². The largest absolute Gasteiger partial charge is 0.460 e. The highest BCUT2D eigenvalue weighted by molar-refractivity contribution is 6.74. The van der Waals surface area contributed by atoms with Crippen LogP contribution in [0.5, 0.6) is 0 Å². The quantitative estimate of drug-likeness (QED) is 0.551. The number of hydrogen-bond acceptors (Lipinski definition) is 3. The fourth-order valence-electron chi connectivity index (χ4n) is 1.28. The zero-order valence-corrected chi connectivity index (χ0v) is 12.9. The van der Waals surface area contributed by atoms with E-state index < -0.39 is 8.24 Å². The van der Waals surface area contributed by atoms with Crippen molar-refractivity contribution in [2.75, 3.05) is 14.1 Å². The summed E-state index contributed by atoms with van der Waals surface area (Å²) in [6, 6.07) is 1.14. The molecule has 16 heavy (non-hydrogen) atoms. The van der Waals surface area contributed by atoms with Crippen LogP contribution < -0.4 is 0 Å². The summed E-state index contributed by atoms with van der Waals surface area (Å²) in [5.74, 6) is -0.0731.